The summed E-state index contributed by atoms with van der Waals surface area (Å²) in [5.74, 6) is 0. The minimum Gasteiger partial charge on any atom is -0.697 e. The van der Waals surface area contributed by atoms with Crippen molar-refractivity contribution in [2.45, 2.75) is 7.43 Å². The molecule has 0 aliphatic heterocycles. The van der Waals surface area contributed by atoms with E-state index < -0.39 is 0 Å². The first-order valence-electron chi connectivity index (χ1n) is 0.289. The van der Waals surface area contributed by atoms with Crippen molar-refractivity contribution in [3.63, 3.8) is 0 Å². The first-order chi connectivity index (χ1) is 1.00. The van der Waals surface area contributed by atoms with E-state index in [0.717, 1.165) is 0 Å². The maximum absolute atomic E-state index is 5.25. The molecule has 0 rings (SSSR count). The molecule has 0 bridgehead atoms. The molecule has 21 valence electrons. The third-order valence-corrected chi connectivity index (χ3v) is 0. The molecule has 0 saturated heterocycles. The maximum Gasteiger partial charge on any atom is 0 e. The third-order valence-electron chi connectivity index (χ3n) is 0. The van der Waals surface area contributed by atoms with Crippen LogP contribution in [-0.2, 0) is 32.7 Å². The average molecular weight is 130 g/mol. The van der Waals surface area contributed by atoms with Crippen molar-refractivity contribution in [3.8, 4) is 6.42 Å². The summed E-state index contributed by atoms with van der Waals surface area (Å²) in [4.78, 5) is 0. The Labute approximate surface area is 52.9 Å². The zero-order chi connectivity index (χ0) is 2.00. The minimum absolute atomic E-state index is 0. The predicted octanol–water partition coefficient (Wildman–Crippen LogP) is 0.840. The Kier molecular flexibility index (Phi) is 334. The van der Waals surface area contributed by atoms with E-state index in [1.165, 1.54) is 0 Å². The van der Waals surface area contributed by atoms with Gasteiger partial charge in [0.1, 0.15) is 0 Å². The summed E-state index contributed by atoms with van der Waals surface area (Å²) >= 11 is 0. The van der Waals surface area contributed by atoms with Gasteiger partial charge in [-0.05, 0) is 0 Å². The minimum atomic E-state index is 0. The quantitative estimate of drug-likeness (QED) is 0.336. The molecule has 0 aromatic rings. The van der Waals surface area contributed by atoms with Gasteiger partial charge in [0.15, 0.2) is 0 Å². The van der Waals surface area contributed by atoms with Crippen molar-refractivity contribution in [1.29, 1.82) is 0 Å². The van der Waals surface area contributed by atoms with E-state index in [4.69, 9.17) is 6.42 Å². The Balaban J connectivity index is -0.00000000500. The van der Waals surface area contributed by atoms with E-state index in [2.05, 4.69) is 6.42 Å². The summed E-state index contributed by atoms with van der Waals surface area (Å²) < 4.78 is 0. The van der Waals surface area contributed by atoms with Crippen molar-refractivity contribution in [2.24, 2.45) is 0 Å². The van der Waals surface area contributed by atoms with E-state index in [1.54, 1.807) is 0 Å². The van der Waals surface area contributed by atoms with Crippen molar-refractivity contribution in [3.05, 3.63) is 6.42 Å². The smallest absolute Gasteiger partial charge is 0 e. The molecule has 0 nitrogen and oxygen atoms in total. The van der Waals surface area contributed by atoms with Gasteiger partial charge >= 0.3 is 0 Å². The van der Waals surface area contributed by atoms with Crippen molar-refractivity contribution in [2.75, 3.05) is 0 Å². The molecular formula is C3H5Y-. The summed E-state index contributed by atoms with van der Waals surface area (Å²) in [6, 6.07) is 0. The van der Waals surface area contributed by atoms with Gasteiger partial charge in [-0.1, -0.05) is 7.43 Å². The Morgan fingerprint density at radius 1 is 1.25 bits per heavy atom. The molecule has 4 heavy (non-hydrogen) atoms. The first-order valence-corrected chi connectivity index (χ1v) is 0.289. The normalized spacial score (nSPS) is 0.500. The maximum atomic E-state index is 5.25. The van der Waals surface area contributed by atoms with E-state index in [0.29, 0.717) is 0 Å². The largest absolute Gasteiger partial charge is 0.697 e. The second kappa shape index (κ2) is 59.0. The van der Waals surface area contributed by atoms with Gasteiger partial charge in [0.05, 0.1) is 0 Å². The van der Waals surface area contributed by atoms with Crippen molar-refractivity contribution < 1.29 is 32.7 Å². The third kappa shape index (κ3) is 16.7. The molecule has 0 aliphatic carbocycles. The topological polar surface area (TPSA) is 0 Å². The second-order valence-corrected chi connectivity index (χ2v) is 0. The second-order valence-electron chi connectivity index (χ2n) is 0. The zero-order valence-corrected chi connectivity index (χ0v) is 4.49. The number of rotatable bonds is 0. The Morgan fingerprint density at radius 2 is 1.25 bits per heavy atom. The molecular weight excluding hydrogens is 125 g/mol. The molecule has 0 atom stereocenters. The molecule has 0 spiro atoms. The summed E-state index contributed by atoms with van der Waals surface area (Å²) in [6.07, 6.45) is 9.00. The van der Waals surface area contributed by atoms with Gasteiger partial charge in [0, 0.05) is 32.7 Å². The van der Waals surface area contributed by atoms with Gasteiger partial charge in [-0.2, -0.15) is 0 Å². The van der Waals surface area contributed by atoms with Crippen LogP contribution >= 0.6 is 0 Å². The van der Waals surface area contributed by atoms with Gasteiger partial charge in [-0.15, -0.1) is 0 Å². The fraction of sp³-hybridized carbons (Fsp3) is 0.333. The van der Waals surface area contributed by atoms with Crippen LogP contribution in [0.15, 0.2) is 0 Å². The molecule has 0 unspecified atom stereocenters. The Morgan fingerprint density at radius 3 is 1.25 bits per heavy atom. The van der Waals surface area contributed by atoms with Crippen LogP contribution < -0.4 is 0 Å². The van der Waals surface area contributed by atoms with Crippen LogP contribution in [0.25, 0.3) is 0 Å². The van der Waals surface area contributed by atoms with Gasteiger partial charge in [-0.3, -0.25) is 0 Å². The van der Waals surface area contributed by atoms with E-state index in [1.807, 2.05) is 0 Å². The van der Waals surface area contributed by atoms with Gasteiger partial charge in [-0.25, -0.2) is 0 Å². The molecule has 0 aromatic carbocycles. The fourth-order valence-electron chi connectivity index (χ4n) is 0. The van der Waals surface area contributed by atoms with E-state index >= 15 is 0 Å². The summed E-state index contributed by atoms with van der Waals surface area (Å²) in [7, 11) is 0. The summed E-state index contributed by atoms with van der Waals surface area (Å²) in [6.45, 7) is 0. The summed E-state index contributed by atoms with van der Waals surface area (Å²) in [5, 5.41) is 0. The Hall–Kier alpha value is 0.664. The molecule has 0 aliphatic rings. The molecule has 0 saturated carbocycles. The first kappa shape index (κ1) is 22.6. The monoisotopic (exact) mass is 130 g/mol. The van der Waals surface area contributed by atoms with Gasteiger partial charge in [0.25, 0.3) is 0 Å². The molecule has 0 aromatic heterocycles. The zero-order valence-electron chi connectivity index (χ0n) is 1.65. The number of terminal acetylenes is 1. The molecule has 1 radical (unpaired) electrons. The van der Waals surface area contributed by atoms with Gasteiger partial charge in [0.2, 0.25) is 0 Å². The SMILES string of the molecule is C.[C-]#C.[Y]. The predicted molar refractivity (Wildman–Crippen MR) is 14.9 cm³/mol. The summed E-state index contributed by atoms with van der Waals surface area (Å²) in [5.41, 5.74) is 0. The number of hydrogen-bond acceptors (Lipinski definition) is 0. The van der Waals surface area contributed by atoms with E-state index in [9.17, 15) is 0 Å². The molecule has 1 heteroatoms. The molecule has 0 N–H and O–H groups in total. The molecule has 0 amide bonds. The van der Waals surface area contributed by atoms with Crippen LogP contribution in [-0.4, -0.2) is 0 Å². The molecule has 0 heterocycles. The average Bonchev–Trinajstić information content (AvgIpc) is 1.00. The number of hydrogen-bond donors (Lipinski definition) is 0. The van der Waals surface area contributed by atoms with Crippen LogP contribution in [0.2, 0.25) is 0 Å². The van der Waals surface area contributed by atoms with Crippen LogP contribution in [0.3, 0.4) is 0 Å². The van der Waals surface area contributed by atoms with Crippen molar-refractivity contribution >= 4 is 0 Å². The van der Waals surface area contributed by atoms with E-state index in [-0.39, 0.29) is 40.1 Å². The van der Waals surface area contributed by atoms with Crippen molar-refractivity contribution in [1.82, 2.24) is 0 Å². The molecule has 0 fully saturated rings. The van der Waals surface area contributed by atoms with Crippen LogP contribution in [0.5, 0.6) is 0 Å². The van der Waals surface area contributed by atoms with Crippen LogP contribution in [0, 0.1) is 12.8 Å². The van der Waals surface area contributed by atoms with Crippen LogP contribution in [0.1, 0.15) is 7.43 Å². The van der Waals surface area contributed by atoms with Gasteiger partial charge < -0.3 is 12.8 Å². The van der Waals surface area contributed by atoms with Crippen LogP contribution in [0.4, 0.5) is 0 Å². The Bertz CT molecular complexity index is 8.00. The fourth-order valence-corrected chi connectivity index (χ4v) is 0. The standard InChI is InChI=1S/C2H.CH4.Y/c1-2;;/h1H;1H4;/q-1;;.